The van der Waals surface area contributed by atoms with Crippen molar-refractivity contribution in [1.82, 2.24) is 0 Å². The topological polar surface area (TPSA) is 46.5 Å². The summed E-state index contributed by atoms with van der Waals surface area (Å²) in [4.78, 5) is 10.3. The molecule has 1 radical (unpaired) electrons. The molecule has 0 spiro atoms. The Morgan fingerprint density at radius 1 is 1.45 bits per heavy atom. The van der Waals surface area contributed by atoms with Crippen LogP contribution in [0.2, 0.25) is 0 Å². The number of ether oxygens (including phenoxy) is 1. The fraction of sp³-hybridized carbons (Fsp3) is 0.750. The first-order valence-corrected chi connectivity index (χ1v) is 3.95. The van der Waals surface area contributed by atoms with Crippen molar-refractivity contribution in [2.75, 3.05) is 6.61 Å². The first-order valence-electron chi connectivity index (χ1n) is 3.95. The Hall–Kier alpha value is -0.570. The van der Waals surface area contributed by atoms with Gasteiger partial charge in [0.2, 0.25) is 0 Å². The molecule has 0 bridgehead atoms. The van der Waals surface area contributed by atoms with Gasteiger partial charge in [-0.05, 0) is 6.42 Å². The third-order valence-corrected chi connectivity index (χ3v) is 1.35. The summed E-state index contributed by atoms with van der Waals surface area (Å²) in [5.41, 5.74) is 0. The lowest BCUT2D eigenvalue weighted by Crippen LogP contribution is -2.05. The average Bonchev–Trinajstić information content (AvgIpc) is 2.04. The van der Waals surface area contributed by atoms with Crippen molar-refractivity contribution in [3.8, 4) is 0 Å². The Morgan fingerprint density at radius 2 is 2.18 bits per heavy atom. The number of hydrogen-bond acceptors (Lipinski definition) is 3. The lowest BCUT2D eigenvalue weighted by Gasteiger charge is -2.00. The van der Waals surface area contributed by atoms with Crippen molar-refractivity contribution in [3.05, 3.63) is 6.61 Å². The van der Waals surface area contributed by atoms with Gasteiger partial charge in [0.05, 0.1) is 6.61 Å². The van der Waals surface area contributed by atoms with Crippen LogP contribution in [0.3, 0.4) is 0 Å². The van der Waals surface area contributed by atoms with E-state index < -0.39 is 5.97 Å². The van der Waals surface area contributed by atoms with E-state index in [1.54, 1.807) is 0 Å². The first-order chi connectivity index (χ1) is 5.31. The van der Waals surface area contributed by atoms with Gasteiger partial charge in [-0.25, -0.2) is 4.79 Å². The third-order valence-electron chi connectivity index (χ3n) is 1.35. The van der Waals surface area contributed by atoms with Gasteiger partial charge in [0.25, 0.3) is 0 Å². The molecular formula is C8H15O3. The van der Waals surface area contributed by atoms with Crippen LogP contribution in [0.1, 0.15) is 32.6 Å². The Morgan fingerprint density at radius 3 is 2.73 bits per heavy atom. The van der Waals surface area contributed by atoms with Crippen LogP contribution in [-0.4, -0.2) is 17.7 Å². The molecule has 0 saturated heterocycles. The molecule has 0 unspecified atom stereocenters. The molecule has 0 fully saturated rings. The fourth-order valence-corrected chi connectivity index (χ4v) is 0.739. The molecule has 11 heavy (non-hydrogen) atoms. The predicted molar refractivity (Wildman–Crippen MR) is 41.3 cm³/mol. The summed E-state index contributed by atoms with van der Waals surface area (Å²) in [5, 5.41) is 8.14. The lowest BCUT2D eigenvalue weighted by molar-refractivity contribution is -0.142. The van der Waals surface area contributed by atoms with Gasteiger partial charge < -0.3 is 9.84 Å². The van der Waals surface area contributed by atoms with Crippen molar-refractivity contribution in [2.24, 2.45) is 0 Å². The molecule has 0 aromatic carbocycles. The minimum atomic E-state index is -0.651. The maximum absolute atomic E-state index is 10.3. The number of aliphatic hydroxyl groups excluding tert-OH is 1. The highest BCUT2D eigenvalue weighted by atomic mass is 16.5. The molecule has 0 aliphatic heterocycles. The summed E-state index contributed by atoms with van der Waals surface area (Å²) < 4.78 is 4.59. The molecule has 65 valence electrons. The second-order valence-corrected chi connectivity index (χ2v) is 2.36. The van der Waals surface area contributed by atoms with Crippen LogP contribution in [0.4, 0.5) is 0 Å². The van der Waals surface area contributed by atoms with Crippen LogP contribution in [0.25, 0.3) is 0 Å². The zero-order chi connectivity index (χ0) is 8.53. The van der Waals surface area contributed by atoms with Crippen LogP contribution in [0.5, 0.6) is 0 Å². The molecule has 3 heteroatoms. The zero-order valence-corrected chi connectivity index (χ0v) is 6.88. The van der Waals surface area contributed by atoms with Gasteiger partial charge in [-0.2, -0.15) is 0 Å². The van der Waals surface area contributed by atoms with E-state index in [-0.39, 0.29) is 0 Å². The smallest absolute Gasteiger partial charge is 0.338 e. The summed E-state index contributed by atoms with van der Waals surface area (Å²) >= 11 is 0. The van der Waals surface area contributed by atoms with Crippen LogP contribution in [-0.2, 0) is 9.53 Å². The highest BCUT2D eigenvalue weighted by Crippen LogP contribution is 1.98. The summed E-state index contributed by atoms with van der Waals surface area (Å²) in [7, 11) is 0. The third kappa shape index (κ3) is 7.33. The molecule has 0 atom stereocenters. The summed E-state index contributed by atoms with van der Waals surface area (Å²) in [6, 6.07) is 0. The SMILES string of the molecule is CCCCCCOC(=O)[CH]O. The number of carbonyl (C=O) groups is 1. The predicted octanol–water partition coefficient (Wildman–Crippen LogP) is 1.64. The number of aliphatic hydroxyl groups is 1. The van der Waals surface area contributed by atoms with Gasteiger partial charge in [-0.3, -0.25) is 0 Å². The second-order valence-electron chi connectivity index (χ2n) is 2.36. The standard InChI is InChI=1S/C8H15O3/c1-2-3-4-5-6-11-8(10)7-9/h7,9H,2-6H2,1H3. The Bertz CT molecular complexity index is 102. The van der Waals surface area contributed by atoms with E-state index in [1.165, 1.54) is 12.8 Å². The maximum Gasteiger partial charge on any atom is 0.338 e. The van der Waals surface area contributed by atoms with Crippen molar-refractivity contribution < 1.29 is 14.6 Å². The summed E-state index contributed by atoms with van der Waals surface area (Å²) in [6.07, 6.45) is 4.29. The van der Waals surface area contributed by atoms with Gasteiger partial charge in [0.1, 0.15) is 0 Å². The fourth-order valence-electron chi connectivity index (χ4n) is 0.739. The molecule has 1 N–H and O–H groups in total. The van der Waals surface area contributed by atoms with Crippen LogP contribution in [0.15, 0.2) is 0 Å². The minimum absolute atomic E-state index is 0.413. The Kier molecular flexibility index (Phi) is 7.15. The van der Waals surface area contributed by atoms with E-state index in [0.717, 1.165) is 12.8 Å². The van der Waals surface area contributed by atoms with Crippen molar-refractivity contribution in [3.63, 3.8) is 0 Å². The number of hydrogen-bond donors (Lipinski definition) is 1. The largest absolute Gasteiger partial charge is 0.464 e. The minimum Gasteiger partial charge on any atom is -0.464 e. The van der Waals surface area contributed by atoms with Gasteiger partial charge in [-0.15, -0.1) is 0 Å². The van der Waals surface area contributed by atoms with E-state index in [1.807, 2.05) is 0 Å². The number of unbranched alkanes of at least 4 members (excludes halogenated alkanes) is 3. The molecule has 0 aliphatic carbocycles. The molecule has 0 saturated carbocycles. The normalized spacial score (nSPS) is 9.64. The van der Waals surface area contributed by atoms with Crippen LogP contribution >= 0.6 is 0 Å². The van der Waals surface area contributed by atoms with Crippen molar-refractivity contribution in [1.29, 1.82) is 0 Å². The highest BCUT2D eigenvalue weighted by molar-refractivity contribution is 5.76. The summed E-state index contributed by atoms with van der Waals surface area (Å²) in [5.74, 6) is -0.651. The van der Waals surface area contributed by atoms with Gasteiger partial charge in [-0.1, -0.05) is 26.2 Å². The monoisotopic (exact) mass is 159 g/mol. The van der Waals surface area contributed by atoms with E-state index in [2.05, 4.69) is 11.7 Å². The van der Waals surface area contributed by atoms with Crippen LogP contribution < -0.4 is 0 Å². The summed E-state index contributed by atoms with van der Waals surface area (Å²) in [6.45, 7) is 2.98. The van der Waals surface area contributed by atoms with Gasteiger partial charge in [0.15, 0.2) is 6.61 Å². The first kappa shape index (κ1) is 10.4. The van der Waals surface area contributed by atoms with Crippen molar-refractivity contribution in [2.45, 2.75) is 32.6 Å². The molecule has 0 aromatic heterocycles. The van der Waals surface area contributed by atoms with E-state index in [0.29, 0.717) is 13.2 Å². The number of esters is 1. The Labute approximate surface area is 67.4 Å². The quantitative estimate of drug-likeness (QED) is 0.473. The van der Waals surface area contributed by atoms with Crippen molar-refractivity contribution >= 4 is 5.97 Å². The molecule has 0 aliphatic rings. The van der Waals surface area contributed by atoms with E-state index in [4.69, 9.17) is 5.11 Å². The lowest BCUT2D eigenvalue weighted by atomic mass is 10.2. The highest BCUT2D eigenvalue weighted by Gasteiger charge is 1.98. The maximum atomic E-state index is 10.3. The van der Waals surface area contributed by atoms with Gasteiger partial charge in [0, 0.05) is 0 Å². The molecule has 0 aromatic rings. The molecule has 0 heterocycles. The molecule has 0 amide bonds. The van der Waals surface area contributed by atoms with E-state index in [9.17, 15) is 4.79 Å². The van der Waals surface area contributed by atoms with Crippen LogP contribution in [0, 0.1) is 6.61 Å². The van der Waals surface area contributed by atoms with E-state index >= 15 is 0 Å². The molecule has 0 rings (SSSR count). The Balaban J connectivity index is 2.95. The number of rotatable bonds is 6. The second kappa shape index (κ2) is 7.54. The molecule has 3 nitrogen and oxygen atoms in total. The number of carbonyl (C=O) groups excluding carboxylic acids is 1. The average molecular weight is 159 g/mol. The molecular weight excluding hydrogens is 144 g/mol. The van der Waals surface area contributed by atoms with Gasteiger partial charge >= 0.3 is 5.97 Å². The zero-order valence-electron chi connectivity index (χ0n) is 6.88.